The number of nitrogens with zero attached hydrogens (tertiary/aromatic N) is 3. The molecule has 0 aliphatic carbocycles. The molecule has 0 aliphatic rings. The molecule has 2 rings (SSSR count). The van der Waals surface area contributed by atoms with Crippen molar-refractivity contribution in [3.8, 4) is 17.7 Å². The molecular weight excluding hydrogens is 360 g/mol. The second-order valence-electron chi connectivity index (χ2n) is 7.58. The van der Waals surface area contributed by atoms with Crippen molar-refractivity contribution in [3.63, 3.8) is 0 Å². The first kappa shape index (κ1) is 21.9. The van der Waals surface area contributed by atoms with Gasteiger partial charge in [0.2, 0.25) is 11.8 Å². The number of nitrogen functional groups attached to an aromatic ring is 1. The standard InChI is InChI=1S/C19H30N6O3/c1-18(2,7-9-20)28-12-8-19(3,4)27-11-6-5-10-26-16-14-15(23-13-22-14)24-17(21)25-16/h13H,7-12,20H2,1-4H3,(H3,21,22,23,24,25). The van der Waals surface area contributed by atoms with Gasteiger partial charge in [-0.3, -0.25) is 0 Å². The summed E-state index contributed by atoms with van der Waals surface area (Å²) in [4.78, 5) is 15.0. The Bertz CT molecular complexity index is 822. The Hall–Kier alpha value is -2.41. The Morgan fingerprint density at radius 3 is 2.50 bits per heavy atom. The van der Waals surface area contributed by atoms with Crippen molar-refractivity contribution >= 4 is 17.1 Å². The lowest BCUT2D eigenvalue weighted by molar-refractivity contribution is -0.0663. The van der Waals surface area contributed by atoms with E-state index in [1.807, 2.05) is 27.7 Å². The molecule has 0 aliphatic heterocycles. The summed E-state index contributed by atoms with van der Waals surface area (Å²) in [6, 6.07) is 0. The van der Waals surface area contributed by atoms with E-state index >= 15 is 0 Å². The zero-order valence-electron chi connectivity index (χ0n) is 17.0. The number of aromatic amines is 1. The average molecular weight is 390 g/mol. The van der Waals surface area contributed by atoms with Crippen LogP contribution >= 0.6 is 0 Å². The van der Waals surface area contributed by atoms with Gasteiger partial charge < -0.3 is 30.7 Å². The maximum atomic E-state index is 5.89. The molecule has 9 nitrogen and oxygen atoms in total. The first-order valence-electron chi connectivity index (χ1n) is 9.25. The number of ether oxygens (including phenoxy) is 3. The van der Waals surface area contributed by atoms with Crippen molar-refractivity contribution in [1.29, 1.82) is 0 Å². The van der Waals surface area contributed by atoms with Crippen molar-refractivity contribution < 1.29 is 14.2 Å². The van der Waals surface area contributed by atoms with Gasteiger partial charge in [-0.15, -0.1) is 0 Å². The number of aromatic nitrogens is 4. The SMILES string of the molecule is CC(C)(CCOC(C)(C)CCN)OCC#CCOc1nc(N)nc2nc[nH]c12. The third-order valence-corrected chi connectivity index (χ3v) is 4.15. The van der Waals surface area contributed by atoms with Gasteiger partial charge in [0.25, 0.3) is 0 Å². The molecule has 0 amide bonds. The Balaban J connectivity index is 1.73. The molecule has 0 aromatic carbocycles. The van der Waals surface area contributed by atoms with Crippen LogP contribution in [0.4, 0.5) is 5.95 Å². The number of hydrogen-bond acceptors (Lipinski definition) is 8. The highest BCUT2D eigenvalue weighted by atomic mass is 16.5. The minimum Gasteiger partial charge on any atom is -0.463 e. The van der Waals surface area contributed by atoms with Gasteiger partial charge >= 0.3 is 0 Å². The molecule has 0 bridgehead atoms. The molecule has 0 atom stereocenters. The van der Waals surface area contributed by atoms with Crippen molar-refractivity contribution in [1.82, 2.24) is 19.9 Å². The summed E-state index contributed by atoms with van der Waals surface area (Å²) in [6.45, 7) is 9.79. The fourth-order valence-electron chi connectivity index (χ4n) is 2.43. The molecule has 2 aromatic heterocycles. The van der Waals surface area contributed by atoms with Gasteiger partial charge in [0, 0.05) is 0 Å². The minimum atomic E-state index is -0.336. The van der Waals surface area contributed by atoms with Crippen LogP contribution in [0.2, 0.25) is 0 Å². The number of imidazole rings is 1. The fourth-order valence-corrected chi connectivity index (χ4v) is 2.43. The van der Waals surface area contributed by atoms with E-state index in [0.29, 0.717) is 36.8 Å². The first-order valence-corrected chi connectivity index (χ1v) is 9.25. The highest BCUT2D eigenvalue weighted by molar-refractivity contribution is 5.76. The maximum Gasteiger partial charge on any atom is 0.246 e. The van der Waals surface area contributed by atoms with Crippen LogP contribution in [0, 0.1) is 11.8 Å². The van der Waals surface area contributed by atoms with Gasteiger partial charge in [0.1, 0.15) is 12.1 Å². The number of nitrogens with one attached hydrogen (secondary N) is 1. The molecule has 9 heteroatoms. The zero-order chi connectivity index (χ0) is 20.6. The third-order valence-electron chi connectivity index (χ3n) is 4.15. The molecule has 2 aromatic rings. The van der Waals surface area contributed by atoms with Crippen LogP contribution in [-0.2, 0) is 9.47 Å². The molecule has 0 radical (unpaired) electrons. The van der Waals surface area contributed by atoms with Gasteiger partial charge in [-0.2, -0.15) is 9.97 Å². The first-order chi connectivity index (χ1) is 13.2. The number of fused-ring (bicyclic) bond motifs is 1. The van der Waals surface area contributed by atoms with E-state index in [2.05, 4.69) is 31.8 Å². The second kappa shape index (κ2) is 9.68. The van der Waals surface area contributed by atoms with Crippen molar-refractivity contribution in [2.75, 3.05) is 32.1 Å². The molecule has 28 heavy (non-hydrogen) atoms. The fraction of sp³-hybridized carbons (Fsp3) is 0.632. The van der Waals surface area contributed by atoms with E-state index in [1.54, 1.807) is 0 Å². The van der Waals surface area contributed by atoms with Crippen molar-refractivity contribution in [3.05, 3.63) is 6.33 Å². The lowest BCUT2D eigenvalue weighted by Crippen LogP contribution is -2.32. The third kappa shape index (κ3) is 6.96. The highest BCUT2D eigenvalue weighted by Crippen LogP contribution is 2.20. The molecule has 0 fully saturated rings. The second-order valence-corrected chi connectivity index (χ2v) is 7.58. The van der Waals surface area contributed by atoms with Gasteiger partial charge in [-0.1, -0.05) is 11.8 Å². The van der Waals surface area contributed by atoms with Gasteiger partial charge in [-0.25, -0.2) is 4.98 Å². The van der Waals surface area contributed by atoms with Crippen LogP contribution in [0.1, 0.15) is 40.5 Å². The predicted octanol–water partition coefficient (Wildman–Crippen LogP) is 1.65. The normalized spacial score (nSPS) is 12.0. The van der Waals surface area contributed by atoms with Gasteiger partial charge in [0.15, 0.2) is 12.3 Å². The summed E-state index contributed by atoms with van der Waals surface area (Å²) >= 11 is 0. The molecule has 0 unspecified atom stereocenters. The Morgan fingerprint density at radius 1 is 1.04 bits per heavy atom. The van der Waals surface area contributed by atoms with E-state index in [1.165, 1.54) is 6.33 Å². The van der Waals surface area contributed by atoms with E-state index in [4.69, 9.17) is 25.7 Å². The Kier molecular flexibility index (Phi) is 7.57. The van der Waals surface area contributed by atoms with Crippen LogP contribution < -0.4 is 16.2 Å². The van der Waals surface area contributed by atoms with Crippen LogP contribution in [0.15, 0.2) is 6.33 Å². The average Bonchev–Trinajstić information content (AvgIpc) is 3.05. The number of hydrogen-bond donors (Lipinski definition) is 3. The summed E-state index contributed by atoms with van der Waals surface area (Å²) in [7, 11) is 0. The summed E-state index contributed by atoms with van der Waals surface area (Å²) in [6.07, 6.45) is 3.09. The summed E-state index contributed by atoms with van der Waals surface area (Å²) in [5.41, 5.74) is 11.7. The predicted molar refractivity (Wildman–Crippen MR) is 108 cm³/mol. The molecule has 0 saturated carbocycles. The van der Waals surface area contributed by atoms with Crippen LogP contribution in [-0.4, -0.2) is 57.5 Å². The largest absolute Gasteiger partial charge is 0.463 e. The monoisotopic (exact) mass is 390 g/mol. The van der Waals surface area contributed by atoms with Crippen LogP contribution in [0.25, 0.3) is 11.2 Å². The quantitative estimate of drug-likeness (QED) is 0.521. The molecule has 0 saturated heterocycles. The molecule has 2 heterocycles. The van der Waals surface area contributed by atoms with E-state index in [9.17, 15) is 0 Å². The smallest absolute Gasteiger partial charge is 0.246 e. The molecule has 154 valence electrons. The van der Waals surface area contributed by atoms with E-state index < -0.39 is 0 Å². The topological polar surface area (TPSA) is 134 Å². The summed E-state index contributed by atoms with van der Waals surface area (Å²) in [5.74, 6) is 6.27. The van der Waals surface area contributed by atoms with E-state index in [-0.39, 0.29) is 23.8 Å². The number of nitrogens with two attached hydrogens (primary N) is 2. The van der Waals surface area contributed by atoms with Gasteiger partial charge in [0.05, 0.1) is 24.1 Å². The zero-order valence-corrected chi connectivity index (χ0v) is 17.0. The van der Waals surface area contributed by atoms with Crippen LogP contribution in [0.5, 0.6) is 5.88 Å². The Labute approximate surface area is 165 Å². The summed E-state index contributed by atoms with van der Waals surface area (Å²) < 4.78 is 17.3. The van der Waals surface area contributed by atoms with Gasteiger partial charge in [-0.05, 0) is 47.1 Å². The molecular formula is C19H30N6O3. The van der Waals surface area contributed by atoms with Crippen molar-refractivity contribution in [2.45, 2.75) is 51.7 Å². The Morgan fingerprint density at radius 2 is 1.75 bits per heavy atom. The lowest BCUT2D eigenvalue weighted by Gasteiger charge is -2.29. The van der Waals surface area contributed by atoms with E-state index in [0.717, 1.165) is 12.8 Å². The van der Waals surface area contributed by atoms with Crippen LogP contribution in [0.3, 0.4) is 0 Å². The number of anilines is 1. The highest BCUT2D eigenvalue weighted by Gasteiger charge is 2.22. The number of rotatable bonds is 10. The summed E-state index contributed by atoms with van der Waals surface area (Å²) in [5, 5.41) is 0. The lowest BCUT2D eigenvalue weighted by atomic mass is 10.0. The minimum absolute atomic E-state index is 0.101. The molecule has 5 N–H and O–H groups in total. The maximum absolute atomic E-state index is 5.89. The van der Waals surface area contributed by atoms with Crippen molar-refractivity contribution in [2.24, 2.45) is 5.73 Å². The molecule has 0 spiro atoms. The number of H-pyrrole nitrogens is 1.